The molecule has 2 amide bonds. The Bertz CT molecular complexity index is 705. The maximum absolute atomic E-state index is 12.7. The van der Waals surface area contributed by atoms with Gasteiger partial charge < -0.3 is 20.3 Å². The summed E-state index contributed by atoms with van der Waals surface area (Å²) in [5, 5.41) is 6.65. The van der Waals surface area contributed by atoms with Crippen LogP contribution in [0.5, 0.6) is 5.75 Å². The number of hydrogen-bond donors (Lipinski definition) is 2. The van der Waals surface area contributed by atoms with Gasteiger partial charge in [-0.25, -0.2) is 0 Å². The van der Waals surface area contributed by atoms with Crippen LogP contribution >= 0.6 is 0 Å². The molecule has 3 fully saturated rings. The van der Waals surface area contributed by atoms with Gasteiger partial charge in [0.25, 0.3) is 0 Å². The van der Waals surface area contributed by atoms with E-state index in [-0.39, 0.29) is 17.9 Å². The van der Waals surface area contributed by atoms with Gasteiger partial charge in [-0.2, -0.15) is 0 Å². The summed E-state index contributed by atoms with van der Waals surface area (Å²) in [7, 11) is 0. The lowest BCUT2D eigenvalue weighted by atomic mass is 9.72. The Balaban J connectivity index is 1.37. The van der Waals surface area contributed by atoms with Crippen LogP contribution in [0.4, 0.5) is 0 Å². The van der Waals surface area contributed by atoms with E-state index in [4.69, 9.17) is 4.74 Å². The lowest BCUT2D eigenvalue weighted by Gasteiger charge is -2.54. The first-order chi connectivity index (χ1) is 13.7. The third kappa shape index (κ3) is 4.02. The number of benzene rings is 1. The van der Waals surface area contributed by atoms with Crippen LogP contribution in [-0.2, 0) is 16.0 Å². The molecule has 0 radical (unpaired) electrons. The minimum atomic E-state index is 0.0102. The van der Waals surface area contributed by atoms with Crippen molar-refractivity contribution in [3.63, 3.8) is 0 Å². The summed E-state index contributed by atoms with van der Waals surface area (Å²) in [6.07, 6.45) is 4.27. The van der Waals surface area contributed by atoms with Crippen molar-refractivity contribution < 1.29 is 14.3 Å². The van der Waals surface area contributed by atoms with Crippen molar-refractivity contribution in [3.05, 3.63) is 29.8 Å². The normalized spacial score (nSPS) is 29.2. The predicted octanol–water partition coefficient (Wildman–Crippen LogP) is 1.73. The standard InChI is InChI=1S/C22H31N3O3/c1-2-28-18-8-6-15(7-9-18)10-21(26)24-14-20-17-11-16(12-23-13-17)19-4-3-5-22(27)25(19)20/h6-9,16-17,19-20,23H,2-5,10-14H2,1H3,(H,24,26)/t16-,17+,19+,20+/m1/s1. The molecule has 4 rings (SSSR count). The van der Waals surface area contributed by atoms with Gasteiger partial charge in [0.05, 0.1) is 19.1 Å². The number of amides is 2. The summed E-state index contributed by atoms with van der Waals surface area (Å²) < 4.78 is 5.45. The second-order valence-electron chi connectivity index (χ2n) is 8.30. The van der Waals surface area contributed by atoms with E-state index in [0.717, 1.165) is 37.2 Å². The topological polar surface area (TPSA) is 70.7 Å². The van der Waals surface area contributed by atoms with Crippen LogP contribution < -0.4 is 15.4 Å². The van der Waals surface area contributed by atoms with Crippen molar-refractivity contribution in [1.82, 2.24) is 15.5 Å². The van der Waals surface area contributed by atoms with Crippen LogP contribution in [0.1, 0.15) is 38.2 Å². The zero-order valence-electron chi connectivity index (χ0n) is 16.7. The van der Waals surface area contributed by atoms with Crippen LogP contribution in [0.2, 0.25) is 0 Å². The van der Waals surface area contributed by atoms with Crippen molar-refractivity contribution in [2.75, 3.05) is 26.2 Å². The average molecular weight is 386 g/mol. The van der Waals surface area contributed by atoms with Gasteiger partial charge >= 0.3 is 0 Å². The molecule has 3 saturated heterocycles. The number of nitrogens with one attached hydrogen (secondary N) is 2. The Kier molecular flexibility index (Phi) is 5.85. The minimum absolute atomic E-state index is 0.0102. The number of ether oxygens (including phenoxy) is 1. The molecule has 1 aromatic rings. The van der Waals surface area contributed by atoms with Gasteiger partial charge in [-0.1, -0.05) is 12.1 Å². The van der Waals surface area contributed by atoms with Crippen molar-refractivity contribution >= 4 is 11.8 Å². The van der Waals surface area contributed by atoms with Crippen molar-refractivity contribution in [2.45, 2.75) is 51.1 Å². The first kappa shape index (κ1) is 19.2. The third-order valence-electron chi connectivity index (χ3n) is 6.51. The Morgan fingerprint density at radius 1 is 1.25 bits per heavy atom. The van der Waals surface area contributed by atoms with Crippen molar-refractivity contribution in [2.24, 2.45) is 11.8 Å². The summed E-state index contributed by atoms with van der Waals surface area (Å²) in [5.74, 6) is 2.11. The smallest absolute Gasteiger partial charge is 0.224 e. The van der Waals surface area contributed by atoms with Gasteiger partial charge in [0, 0.05) is 25.6 Å². The fourth-order valence-electron chi connectivity index (χ4n) is 5.23. The maximum atomic E-state index is 12.7. The molecule has 3 aliphatic heterocycles. The van der Waals surface area contributed by atoms with E-state index in [1.165, 1.54) is 6.42 Å². The summed E-state index contributed by atoms with van der Waals surface area (Å²) in [5.41, 5.74) is 0.968. The number of rotatable bonds is 6. The number of fused-ring (bicyclic) bond motifs is 4. The molecule has 6 nitrogen and oxygen atoms in total. The molecule has 0 unspecified atom stereocenters. The molecule has 0 aliphatic carbocycles. The van der Waals surface area contributed by atoms with Crippen LogP contribution in [0.3, 0.4) is 0 Å². The fourth-order valence-corrected chi connectivity index (χ4v) is 5.23. The molecule has 28 heavy (non-hydrogen) atoms. The molecule has 2 bridgehead atoms. The third-order valence-corrected chi connectivity index (χ3v) is 6.51. The predicted molar refractivity (Wildman–Crippen MR) is 107 cm³/mol. The van der Waals surface area contributed by atoms with E-state index in [0.29, 0.717) is 43.9 Å². The molecule has 1 aromatic carbocycles. The Morgan fingerprint density at radius 3 is 2.82 bits per heavy atom. The summed E-state index contributed by atoms with van der Waals surface area (Å²) in [4.78, 5) is 27.3. The van der Waals surface area contributed by atoms with E-state index in [1.807, 2.05) is 31.2 Å². The summed E-state index contributed by atoms with van der Waals surface area (Å²) in [6.45, 7) is 5.09. The van der Waals surface area contributed by atoms with Crippen LogP contribution in [-0.4, -0.2) is 55.0 Å². The number of nitrogens with zero attached hydrogens (tertiary/aromatic N) is 1. The minimum Gasteiger partial charge on any atom is -0.494 e. The van der Waals surface area contributed by atoms with Crippen LogP contribution in [0.25, 0.3) is 0 Å². The number of carbonyl (C=O) groups is 2. The highest BCUT2D eigenvalue weighted by Gasteiger charge is 2.47. The highest BCUT2D eigenvalue weighted by Crippen LogP contribution is 2.39. The maximum Gasteiger partial charge on any atom is 0.224 e. The van der Waals surface area contributed by atoms with Crippen LogP contribution in [0.15, 0.2) is 24.3 Å². The van der Waals surface area contributed by atoms with E-state index in [1.54, 1.807) is 0 Å². The molecule has 6 heteroatoms. The zero-order valence-corrected chi connectivity index (χ0v) is 16.7. The number of carbonyl (C=O) groups excluding carboxylic acids is 2. The molecule has 0 saturated carbocycles. The SMILES string of the molecule is CCOc1ccc(CC(=O)NC[C@H]2[C@@H]3CNC[C@@H](C3)[C@@H]3CCCC(=O)N32)cc1. The summed E-state index contributed by atoms with van der Waals surface area (Å²) >= 11 is 0. The second kappa shape index (κ2) is 8.52. The van der Waals surface area contributed by atoms with Crippen molar-refractivity contribution in [1.29, 1.82) is 0 Å². The highest BCUT2D eigenvalue weighted by molar-refractivity contribution is 5.79. The molecular formula is C22H31N3O3. The molecule has 2 N–H and O–H groups in total. The Labute approximate surface area is 167 Å². The van der Waals surface area contributed by atoms with Gasteiger partial charge in [-0.05, 0) is 62.3 Å². The second-order valence-corrected chi connectivity index (χ2v) is 8.30. The average Bonchev–Trinajstić information content (AvgIpc) is 2.70. The molecule has 3 aliphatic rings. The van der Waals surface area contributed by atoms with E-state index in [9.17, 15) is 9.59 Å². The van der Waals surface area contributed by atoms with Gasteiger partial charge in [0.1, 0.15) is 5.75 Å². The summed E-state index contributed by atoms with van der Waals surface area (Å²) in [6, 6.07) is 8.14. The monoisotopic (exact) mass is 385 g/mol. The van der Waals surface area contributed by atoms with Crippen LogP contribution in [0, 0.1) is 11.8 Å². The number of piperidine rings is 3. The van der Waals surface area contributed by atoms with E-state index >= 15 is 0 Å². The molecule has 152 valence electrons. The van der Waals surface area contributed by atoms with E-state index < -0.39 is 0 Å². The molecule has 3 heterocycles. The van der Waals surface area contributed by atoms with Gasteiger partial charge in [-0.3, -0.25) is 9.59 Å². The molecule has 0 spiro atoms. The van der Waals surface area contributed by atoms with E-state index in [2.05, 4.69) is 15.5 Å². The largest absolute Gasteiger partial charge is 0.494 e. The number of hydrogen-bond acceptors (Lipinski definition) is 4. The molecular weight excluding hydrogens is 354 g/mol. The first-order valence-corrected chi connectivity index (χ1v) is 10.7. The van der Waals surface area contributed by atoms with Crippen molar-refractivity contribution in [3.8, 4) is 5.75 Å². The quantitative estimate of drug-likeness (QED) is 0.783. The Morgan fingerprint density at radius 2 is 2.04 bits per heavy atom. The van der Waals surface area contributed by atoms with Gasteiger partial charge in [0.15, 0.2) is 0 Å². The molecule has 4 atom stereocenters. The highest BCUT2D eigenvalue weighted by atomic mass is 16.5. The lowest BCUT2D eigenvalue weighted by molar-refractivity contribution is -0.149. The zero-order chi connectivity index (χ0) is 19.5. The van der Waals surface area contributed by atoms with Gasteiger partial charge in [0.2, 0.25) is 11.8 Å². The molecule has 0 aromatic heterocycles. The van der Waals surface area contributed by atoms with Gasteiger partial charge in [-0.15, -0.1) is 0 Å². The first-order valence-electron chi connectivity index (χ1n) is 10.7. The Hall–Kier alpha value is -2.08. The lowest BCUT2D eigenvalue weighted by Crippen LogP contribution is -2.66. The fraction of sp³-hybridized carbons (Fsp3) is 0.636.